The van der Waals surface area contributed by atoms with Gasteiger partial charge in [-0.05, 0) is 43.3 Å². The minimum atomic E-state index is -1.00. The maximum absolute atomic E-state index is 13.1. The van der Waals surface area contributed by atoms with E-state index in [0.717, 1.165) is 0 Å². The number of hydrogen-bond donors (Lipinski definition) is 4. The first-order chi connectivity index (χ1) is 16.0. The molecule has 0 fully saturated rings. The molecule has 0 bridgehead atoms. The molecular weight excluding hydrogens is 426 g/mol. The molecule has 0 aliphatic carbocycles. The number of H-pyrrole nitrogens is 1. The summed E-state index contributed by atoms with van der Waals surface area (Å²) in [6.07, 6.45) is -0.175. The summed E-state index contributed by atoms with van der Waals surface area (Å²) in [5, 5.41) is 8.33. The zero-order chi connectivity index (χ0) is 23.4. The number of amides is 2. The summed E-state index contributed by atoms with van der Waals surface area (Å²) in [7, 11) is 1.57. The van der Waals surface area contributed by atoms with Gasteiger partial charge >= 0.3 is 0 Å². The second-order valence-corrected chi connectivity index (χ2v) is 7.25. The molecule has 1 atom stereocenters. The molecule has 4 rings (SSSR count). The first kappa shape index (κ1) is 21.9. The molecule has 10 nitrogen and oxygen atoms in total. The van der Waals surface area contributed by atoms with Crippen molar-refractivity contribution in [1.82, 2.24) is 9.97 Å². The zero-order valence-corrected chi connectivity index (χ0v) is 18.1. The van der Waals surface area contributed by atoms with Crippen molar-refractivity contribution in [1.29, 1.82) is 0 Å². The largest absolute Gasteiger partial charge is 0.497 e. The first-order valence-corrected chi connectivity index (χ1v) is 10.4. The van der Waals surface area contributed by atoms with Crippen molar-refractivity contribution in [2.45, 2.75) is 19.3 Å². The van der Waals surface area contributed by atoms with E-state index in [1.54, 1.807) is 55.6 Å². The normalized spacial score (nSPS) is 14.6. The number of rotatable bonds is 7. The van der Waals surface area contributed by atoms with Crippen LogP contribution in [0, 0.1) is 0 Å². The highest BCUT2D eigenvalue weighted by molar-refractivity contribution is 6.05. The average molecular weight is 449 g/mol. The van der Waals surface area contributed by atoms with Gasteiger partial charge in [-0.2, -0.15) is 4.98 Å². The lowest BCUT2D eigenvalue weighted by atomic mass is 9.92. The summed E-state index contributed by atoms with van der Waals surface area (Å²) < 4.78 is 10.7. The lowest BCUT2D eigenvalue weighted by molar-refractivity contribution is -0.123. The Morgan fingerprint density at radius 1 is 1.15 bits per heavy atom. The van der Waals surface area contributed by atoms with Gasteiger partial charge < -0.3 is 25.4 Å². The molecule has 170 valence electrons. The van der Waals surface area contributed by atoms with Gasteiger partial charge in [0.1, 0.15) is 17.3 Å². The van der Waals surface area contributed by atoms with Crippen LogP contribution in [0.3, 0.4) is 0 Å². The number of nitrogens with zero attached hydrogens (tertiary/aromatic N) is 1. The van der Waals surface area contributed by atoms with Gasteiger partial charge in [-0.25, -0.2) is 0 Å². The van der Waals surface area contributed by atoms with E-state index in [1.807, 2.05) is 6.92 Å². The number of nitrogens with one attached hydrogen (secondary N) is 4. The molecule has 2 aromatic carbocycles. The SMILES string of the molecule is CCOc1ccccc1NC(=O)[C@@H]1CC(=O)Nc2nc(Nc3ccc(OC)cc3)[nH]c(=O)c21. The summed E-state index contributed by atoms with van der Waals surface area (Å²) >= 11 is 0. The van der Waals surface area contributed by atoms with E-state index in [0.29, 0.717) is 29.5 Å². The third-order valence-corrected chi connectivity index (χ3v) is 5.07. The van der Waals surface area contributed by atoms with Crippen LogP contribution < -0.4 is 31.0 Å². The Hall–Kier alpha value is -4.34. The Morgan fingerprint density at radius 2 is 1.91 bits per heavy atom. The number of carbonyl (C=O) groups is 2. The maximum Gasteiger partial charge on any atom is 0.258 e. The molecule has 3 aromatic rings. The number of hydrogen-bond acceptors (Lipinski definition) is 7. The van der Waals surface area contributed by atoms with Gasteiger partial charge in [0.25, 0.3) is 5.56 Å². The molecule has 0 saturated heterocycles. The van der Waals surface area contributed by atoms with Crippen molar-refractivity contribution < 1.29 is 19.1 Å². The second-order valence-electron chi connectivity index (χ2n) is 7.25. The maximum atomic E-state index is 13.1. The van der Waals surface area contributed by atoms with E-state index in [2.05, 4.69) is 25.9 Å². The fraction of sp³-hybridized carbons (Fsp3) is 0.217. The van der Waals surface area contributed by atoms with Crippen LogP contribution in [0.2, 0.25) is 0 Å². The fourth-order valence-corrected chi connectivity index (χ4v) is 3.54. The van der Waals surface area contributed by atoms with Crippen LogP contribution in [0.1, 0.15) is 24.8 Å². The van der Waals surface area contributed by atoms with Crippen LogP contribution in [0.5, 0.6) is 11.5 Å². The Bertz CT molecular complexity index is 1240. The highest BCUT2D eigenvalue weighted by Crippen LogP contribution is 2.32. The van der Waals surface area contributed by atoms with Gasteiger partial charge in [0.2, 0.25) is 17.8 Å². The predicted molar refractivity (Wildman–Crippen MR) is 123 cm³/mol. The van der Waals surface area contributed by atoms with Crippen molar-refractivity contribution in [3.8, 4) is 11.5 Å². The average Bonchev–Trinajstić information content (AvgIpc) is 2.80. The Morgan fingerprint density at radius 3 is 2.64 bits per heavy atom. The van der Waals surface area contributed by atoms with E-state index in [1.165, 1.54) is 0 Å². The van der Waals surface area contributed by atoms with Crippen LogP contribution in [0.4, 0.5) is 23.1 Å². The van der Waals surface area contributed by atoms with Crippen molar-refractivity contribution in [3.05, 3.63) is 64.4 Å². The van der Waals surface area contributed by atoms with Crippen LogP contribution in [-0.2, 0) is 9.59 Å². The topological polar surface area (TPSA) is 134 Å². The van der Waals surface area contributed by atoms with Gasteiger partial charge in [0.05, 0.1) is 30.9 Å². The molecule has 0 saturated carbocycles. The number of anilines is 4. The predicted octanol–water partition coefficient (Wildman–Crippen LogP) is 2.99. The standard InChI is InChI=1S/C23H23N5O5/c1-3-33-17-7-5-4-6-16(17)25-21(30)15-12-18(29)26-20-19(15)22(31)28-23(27-20)24-13-8-10-14(32-2)11-9-13/h4-11,15H,3,12H2,1-2H3,(H,25,30)(H3,24,26,27,28,29,31)/t15-/m1/s1. The molecule has 0 radical (unpaired) electrons. The molecule has 1 aliphatic rings. The van der Waals surface area contributed by atoms with Crippen molar-refractivity contribution in [2.24, 2.45) is 0 Å². The fourth-order valence-electron chi connectivity index (χ4n) is 3.54. The third kappa shape index (κ3) is 4.79. The molecule has 1 aliphatic heterocycles. The molecule has 10 heteroatoms. The van der Waals surface area contributed by atoms with E-state index < -0.39 is 23.3 Å². The number of para-hydroxylation sites is 2. The number of aromatic amines is 1. The van der Waals surface area contributed by atoms with Crippen LogP contribution >= 0.6 is 0 Å². The van der Waals surface area contributed by atoms with E-state index in [4.69, 9.17) is 9.47 Å². The van der Waals surface area contributed by atoms with Gasteiger partial charge in [-0.3, -0.25) is 19.4 Å². The summed E-state index contributed by atoms with van der Waals surface area (Å²) in [6.45, 7) is 2.26. The van der Waals surface area contributed by atoms with Crippen LogP contribution in [0.25, 0.3) is 0 Å². The lowest BCUT2D eigenvalue weighted by Crippen LogP contribution is -2.36. The van der Waals surface area contributed by atoms with Gasteiger partial charge in [-0.15, -0.1) is 0 Å². The Labute approximate surface area is 189 Å². The number of ether oxygens (including phenoxy) is 2. The number of carbonyl (C=O) groups excluding carboxylic acids is 2. The highest BCUT2D eigenvalue weighted by atomic mass is 16.5. The molecule has 1 aromatic heterocycles. The summed E-state index contributed by atoms with van der Waals surface area (Å²) in [6, 6.07) is 14.0. The Balaban J connectivity index is 1.61. The van der Waals surface area contributed by atoms with Gasteiger partial charge in [-0.1, -0.05) is 12.1 Å². The van der Waals surface area contributed by atoms with E-state index in [-0.39, 0.29) is 23.8 Å². The van der Waals surface area contributed by atoms with Crippen molar-refractivity contribution in [3.63, 3.8) is 0 Å². The zero-order valence-electron chi connectivity index (χ0n) is 18.1. The first-order valence-electron chi connectivity index (χ1n) is 10.4. The molecule has 2 amide bonds. The number of benzene rings is 2. The molecular formula is C23H23N5O5. The number of methoxy groups -OCH3 is 1. The van der Waals surface area contributed by atoms with Crippen molar-refractivity contribution in [2.75, 3.05) is 29.7 Å². The van der Waals surface area contributed by atoms with Gasteiger partial charge in [0, 0.05) is 12.1 Å². The minimum Gasteiger partial charge on any atom is -0.497 e. The molecule has 0 spiro atoms. The Kier molecular flexibility index (Phi) is 6.25. The third-order valence-electron chi connectivity index (χ3n) is 5.07. The van der Waals surface area contributed by atoms with Crippen molar-refractivity contribution >= 4 is 35.0 Å². The molecule has 33 heavy (non-hydrogen) atoms. The summed E-state index contributed by atoms with van der Waals surface area (Å²) in [5.74, 6) is -0.555. The monoisotopic (exact) mass is 449 g/mol. The quantitative estimate of drug-likeness (QED) is 0.436. The molecule has 0 unspecified atom stereocenters. The van der Waals surface area contributed by atoms with E-state index >= 15 is 0 Å². The molecule has 4 N–H and O–H groups in total. The molecule has 2 heterocycles. The number of fused-ring (bicyclic) bond motifs is 1. The smallest absolute Gasteiger partial charge is 0.258 e. The highest BCUT2D eigenvalue weighted by Gasteiger charge is 2.35. The minimum absolute atomic E-state index is 0.0456. The lowest BCUT2D eigenvalue weighted by Gasteiger charge is -2.24. The summed E-state index contributed by atoms with van der Waals surface area (Å²) in [4.78, 5) is 45.2. The van der Waals surface area contributed by atoms with Crippen LogP contribution in [0.15, 0.2) is 53.3 Å². The second kappa shape index (κ2) is 9.43. The summed E-state index contributed by atoms with van der Waals surface area (Å²) in [5.41, 5.74) is 0.692. The number of aromatic nitrogens is 2. The van der Waals surface area contributed by atoms with E-state index in [9.17, 15) is 14.4 Å². The van der Waals surface area contributed by atoms with Crippen LogP contribution in [-0.4, -0.2) is 35.5 Å². The van der Waals surface area contributed by atoms with Gasteiger partial charge in [0.15, 0.2) is 0 Å².